The van der Waals surface area contributed by atoms with Crippen LogP contribution in [-0.2, 0) is 6.42 Å². The lowest BCUT2D eigenvalue weighted by molar-refractivity contribution is 0.0662. The molecule has 120 valence electrons. The molecule has 1 aromatic heterocycles. The van der Waals surface area contributed by atoms with E-state index in [9.17, 15) is 4.79 Å². The van der Waals surface area contributed by atoms with Gasteiger partial charge < -0.3 is 4.90 Å². The van der Waals surface area contributed by atoms with Gasteiger partial charge in [-0.05, 0) is 49.7 Å². The molecule has 3 rings (SSSR count). The normalized spacial score (nSPS) is 18.0. The van der Waals surface area contributed by atoms with Crippen LogP contribution in [0, 0.1) is 12.8 Å². The van der Waals surface area contributed by atoms with Crippen molar-refractivity contribution in [3.63, 3.8) is 0 Å². The Bertz CT molecular complexity index is 657. The molecule has 1 atom stereocenters. The zero-order valence-electron chi connectivity index (χ0n) is 13.6. The van der Waals surface area contributed by atoms with Crippen LogP contribution in [0.2, 0.25) is 0 Å². The maximum Gasteiger partial charge on any atom is 0.274 e. The summed E-state index contributed by atoms with van der Waals surface area (Å²) >= 11 is 0. The SMILES string of the molecule is Cc1ccccc1CC[C@H]1CCCN(C(=O)c2cnccn2)C1. The number of rotatable bonds is 4. The third-order valence-electron chi connectivity index (χ3n) is 4.67. The molecular weight excluding hydrogens is 286 g/mol. The zero-order valence-corrected chi connectivity index (χ0v) is 13.6. The number of hydrogen-bond acceptors (Lipinski definition) is 3. The fraction of sp³-hybridized carbons (Fsp3) is 0.421. The van der Waals surface area contributed by atoms with Crippen molar-refractivity contribution in [3.8, 4) is 0 Å². The van der Waals surface area contributed by atoms with Gasteiger partial charge in [0, 0.05) is 25.5 Å². The second kappa shape index (κ2) is 7.36. The van der Waals surface area contributed by atoms with Gasteiger partial charge in [0.1, 0.15) is 5.69 Å². The van der Waals surface area contributed by atoms with Gasteiger partial charge in [-0.3, -0.25) is 9.78 Å². The summed E-state index contributed by atoms with van der Waals surface area (Å²) in [5, 5.41) is 0. The summed E-state index contributed by atoms with van der Waals surface area (Å²) in [6.45, 7) is 3.83. The van der Waals surface area contributed by atoms with Gasteiger partial charge in [-0.2, -0.15) is 0 Å². The Morgan fingerprint density at radius 1 is 1.30 bits per heavy atom. The second-order valence-corrected chi connectivity index (χ2v) is 6.32. The van der Waals surface area contributed by atoms with E-state index in [4.69, 9.17) is 0 Å². The number of nitrogens with zero attached hydrogens (tertiary/aromatic N) is 3. The van der Waals surface area contributed by atoms with Crippen molar-refractivity contribution in [3.05, 3.63) is 59.7 Å². The lowest BCUT2D eigenvalue weighted by atomic mass is 9.90. The first-order chi connectivity index (χ1) is 11.2. The van der Waals surface area contributed by atoms with Crippen molar-refractivity contribution >= 4 is 5.91 Å². The van der Waals surface area contributed by atoms with Gasteiger partial charge in [0.15, 0.2) is 0 Å². The third kappa shape index (κ3) is 3.95. The summed E-state index contributed by atoms with van der Waals surface area (Å²) in [5.41, 5.74) is 3.23. The lowest BCUT2D eigenvalue weighted by Gasteiger charge is -2.32. The molecule has 1 aliphatic rings. The minimum atomic E-state index is 0.0127. The van der Waals surface area contributed by atoms with E-state index in [1.807, 2.05) is 4.90 Å². The lowest BCUT2D eigenvalue weighted by Crippen LogP contribution is -2.40. The predicted molar refractivity (Wildman–Crippen MR) is 90.2 cm³/mol. The molecule has 1 aromatic carbocycles. The number of aromatic nitrogens is 2. The number of aryl methyl sites for hydroxylation is 2. The molecule has 0 spiro atoms. The Balaban J connectivity index is 1.58. The van der Waals surface area contributed by atoms with Crippen molar-refractivity contribution < 1.29 is 4.79 Å². The molecule has 0 bridgehead atoms. The number of piperidine rings is 1. The number of hydrogen-bond donors (Lipinski definition) is 0. The Morgan fingerprint density at radius 3 is 2.96 bits per heavy atom. The number of likely N-dealkylation sites (tertiary alicyclic amines) is 1. The second-order valence-electron chi connectivity index (χ2n) is 6.32. The summed E-state index contributed by atoms with van der Waals surface area (Å²) < 4.78 is 0. The van der Waals surface area contributed by atoms with Crippen molar-refractivity contribution in [2.75, 3.05) is 13.1 Å². The first kappa shape index (κ1) is 15.7. The Hall–Kier alpha value is -2.23. The van der Waals surface area contributed by atoms with Crippen molar-refractivity contribution in [2.45, 2.75) is 32.6 Å². The molecule has 4 nitrogen and oxygen atoms in total. The van der Waals surface area contributed by atoms with E-state index in [1.165, 1.54) is 17.5 Å². The van der Waals surface area contributed by atoms with E-state index < -0.39 is 0 Å². The van der Waals surface area contributed by atoms with Crippen LogP contribution in [0.5, 0.6) is 0 Å². The Kier molecular flexibility index (Phi) is 5.01. The highest BCUT2D eigenvalue weighted by Crippen LogP contribution is 2.23. The molecule has 1 amide bonds. The van der Waals surface area contributed by atoms with Gasteiger partial charge in [0.2, 0.25) is 0 Å². The van der Waals surface area contributed by atoms with E-state index in [0.717, 1.165) is 32.4 Å². The molecule has 0 radical (unpaired) electrons. The highest BCUT2D eigenvalue weighted by atomic mass is 16.2. The summed E-state index contributed by atoms with van der Waals surface area (Å²) in [6.07, 6.45) is 9.23. The molecule has 4 heteroatoms. The van der Waals surface area contributed by atoms with E-state index >= 15 is 0 Å². The summed E-state index contributed by atoms with van der Waals surface area (Å²) in [4.78, 5) is 22.6. The first-order valence-corrected chi connectivity index (χ1v) is 8.34. The largest absolute Gasteiger partial charge is 0.337 e. The van der Waals surface area contributed by atoms with Gasteiger partial charge in [-0.15, -0.1) is 0 Å². The summed E-state index contributed by atoms with van der Waals surface area (Å²) in [5.74, 6) is 0.586. The highest BCUT2D eigenvalue weighted by Gasteiger charge is 2.25. The van der Waals surface area contributed by atoms with Gasteiger partial charge in [-0.25, -0.2) is 4.98 Å². The van der Waals surface area contributed by atoms with E-state index in [0.29, 0.717) is 11.6 Å². The molecule has 1 saturated heterocycles. The maximum atomic E-state index is 12.5. The van der Waals surface area contributed by atoms with Crippen LogP contribution < -0.4 is 0 Å². The van der Waals surface area contributed by atoms with E-state index in [-0.39, 0.29) is 5.91 Å². The number of carbonyl (C=O) groups is 1. The number of amides is 1. The average molecular weight is 309 g/mol. The monoisotopic (exact) mass is 309 g/mol. The molecule has 0 unspecified atom stereocenters. The molecule has 23 heavy (non-hydrogen) atoms. The van der Waals surface area contributed by atoms with Crippen LogP contribution in [0.1, 0.15) is 40.9 Å². The smallest absolute Gasteiger partial charge is 0.274 e. The molecule has 0 N–H and O–H groups in total. The Labute approximate surface area is 137 Å². The first-order valence-electron chi connectivity index (χ1n) is 8.34. The molecule has 0 aliphatic carbocycles. The molecule has 2 aromatic rings. The molecule has 0 saturated carbocycles. The molecule has 2 heterocycles. The van der Waals surface area contributed by atoms with Crippen molar-refractivity contribution in [1.82, 2.24) is 14.9 Å². The molecule has 1 fully saturated rings. The van der Waals surface area contributed by atoms with Gasteiger partial charge in [-0.1, -0.05) is 24.3 Å². The van der Waals surface area contributed by atoms with Crippen LogP contribution in [0.4, 0.5) is 0 Å². The summed E-state index contributed by atoms with van der Waals surface area (Å²) in [7, 11) is 0. The minimum absolute atomic E-state index is 0.0127. The van der Waals surface area contributed by atoms with E-state index in [1.54, 1.807) is 18.6 Å². The third-order valence-corrected chi connectivity index (χ3v) is 4.67. The maximum absolute atomic E-state index is 12.5. The Morgan fingerprint density at radius 2 is 2.17 bits per heavy atom. The van der Waals surface area contributed by atoms with Gasteiger partial charge >= 0.3 is 0 Å². The van der Waals surface area contributed by atoms with Gasteiger partial charge in [0.25, 0.3) is 5.91 Å². The minimum Gasteiger partial charge on any atom is -0.337 e. The fourth-order valence-corrected chi connectivity index (χ4v) is 3.31. The zero-order chi connectivity index (χ0) is 16.1. The topological polar surface area (TPSA) is 46.1 Å². The van der Waals surface area contributed by atoms with Crippen molar-refractivity contribution in [2.24, 2.45) is 5.92 Å². The highest BCUT2D eigenvalue weighted by molar-refractivity contribution is 5.92. The number of benzene rings is 1. The summed E-state index contributed by atoms with van der Waals surface area (Å²) in [6, 6.07) is 8.56. The van der Waals surface area contributed by atoms with Crippen LogP contribution in [0.15, 0.2) is 42.9 Å². The van der Waals surface area contributed by atoms with Gasteiger partial charge in [0.05, 0.1) is 6.20 Å². The quantitative estimate of drug-likeness (QED) is 0.871. The van der Waals surface area contributed by atoms with Crippen LogP contribution in [0.3, 0.4) is 0 Å². The van der Waals surface area contributed by atoms with Crippen LogP contribution in [-0.4, -0.2) is 33.9 Å². The standard InChI is InChI=1S/C19H23N3O/c1-15-5-2-3-7-17(15)9-8-16-6-4-12-22(14-16)19(23)18-13-20-10-11-21-18/h2-3,5,7,10-11,13,16H,4,6,8-9,12,14H2,1H3/t16-/m1/s1. The average Bonchev–Trinajstić information content (AvgIpc) is 2.61. The molecule has 1 aliphatic heterocycles. The van der Waals surface area contributed by atoms with Crippen LogP contribution >= 0.6 is 0 Å². The number of carbonyl (C=O) groups excluding carboxylic acids is 1. The van der Waals surface area contributed by atoms with Crippen LogP contribution in [0.25, 0.3) is 0 Å². The van der Waals surface area contributed by atoms with E-state index in [2.05, 4.69) is 41.2 Å². The van der Waals surface area contributed by atoms with Crippen molar-refractivity contribution in [1.29, 1.82) is 0 Å². The fourth-order valence-electron chi connectivity index (χ4n) is 3.31. The predicted octanol–water partition coefficient (Wildman–Crippen LogP) is 3.27. The molecular formula is C19H23N3O.